The van der Waals surface area contributed by atoms with Gasteiger partial charge in [-0.3, -0.25) is 0 Å². The quantitative estimate of drug-likeness (QED) is 0.590. The van der Waals surface area contributed by atoms with Crippen molar-refractivity contribution in [3.8, 4) is 0 Å². The first kappa shape index (κ1) is 10.5. The molecule has 0 aliphatic carbocycles. The van der Waals surface area contributed by atoms with Crippen LogP contribution in [-0.4, -0.2) is 18.0 Å². The van der Waals surface area contributed by atoms with Gasteiger partial charge in [0.25, 0.3) is 0 Å². The molecule has 1 nitrogen and oxygen atoms in total. The van der Waals surface area contributed by atoms with Crippen LogP contribution < -0.4 is 0 Å². The van der Waals surface area contributed by atoms with E-state index in [0.717, 1.165) is 25.9 Å². The molecule has 0 saturated carbocycles. The Labute approximate surface area is 71.1 Å². The lowest BCUT2D eigenvalue weighted by Crippen LogP contribution is -2.21. The summed E-state index contributed by atoms with van der Waals surface area (Å²) in [6.07, 6.45) is 4.64. The first-order valence-corrected chi connectivity index (χ1v) is 4.73. The topological polar surface area (TPSA) is 3.24 Å². The van der Waals surface area contributed by atoms with Crippen molar-refractivity contribution in [2.24, 2.45) is 0 Å². The SMILES string of the molecule is CC/C=C(\CC)N(CC)CC. The third-order valence-corrected chi connectivity index (χ3v) is 1.97. The lowest BCUT2D eigenvalue weighted by atomic mass is 10.2. The van der Waals surface area contributed by atoms with E-state index in [1.165, 1.54) is 5.70 Å². The highest BCUT2D eigenvalue weighted by Crippen LogP contribution is 2.08. The lowest BCUT2D eigenvalue weighted by Gasteiger charge is -2.23. The molecule has 0 rings (SSSR count). The van der Waals surface area contributed by atoms with Crippen molar-refractivity contribution in [2.75, 3.05) is 13.1 Å². The van der Waals surface area contributed by atoms with Gasteiger partial charge in [-0.15, -0.1) is 0 Å². The van der Waals surface area contributed by atoms with Crippen LogP contribution in [0.4, 0.5) is 0 Å². The fourth-order valence-corrected chi connectivity index (χ4v) is 1.36. The summed E-state index contributed by atoms with van der Waals surface area (Å²) in [6.45, 7) is 11.1. The molecule has 0 aromatic rings. The summed E-state index contributed by atoms with van der Waals surface area (Å²) in [5.41, 5.74) is 1.50. The van der Waals surface area contributed by atoms with Crippen LogP contribution in [0.5, 0.6) is 0 Å². The minimum atomic E-state index is 1.14. The molecule has 0 spiro atoms. The van der Waals surface area contributed by atoms with Gasteiger partial charge in [-0.25, -0.2) is 0 Å². The van der Waals surface area contributed by atoms with Crippen LogP contribution in [0.15, 0.2) is 11.8 Å². The molecule has 0 heterocycles. The van der Waals surface area contributed by atoms with Crippen LogP contribution in [0.2, 0.25) is 0 Å². The van der Waals surface area contributed by atoms with Gasteiger partial charge in [0.1, 0.15) is 0 Å². The maximum Gasteiger partial charge on any atom is 0.0146 e. The predicted molar refractivity (Wildman–Crippen MR) is 51.6 cm³/mol. The molecule has 11 heavy (non-hydrogen) atoms. The van der Waals surface area contributed by atoms with Crippen molar-refractivity contribution in [3.05, 3.63) is 11.8 Å². The molecule has 66 valence electrons. The second-order valence-electron chi connectivity index (χ2n) is 2.63. The largest absolute Gasteiger partial charge is 0.376 e. The zero-order valence-corrected chi connectivity index (χ0v) is 8.35. The first-order chi connectivity index (χ1) is 5.29. The molecular formula is C10H21N. The number of allylic oxidation sites excluding steroid dienone is 2. The maximum absolute atomic E-state index is 2.42. The van der Waals surface area contributed by atoms with Gasteiger partial charge in [-0.1, -0.05) is 19.9 Å². The zero-order valence-electron chi connectivity index (χ0n) is 8.35. The fourth-order valence-electron chi connectivity index (χ4n) is 1.36. The van der Waals surface area contributed by atoms with Crippen LogP contribution in [-0.2, 0) is 0 Å². The molecule has 0 unspecified atom stereocenters. The third kappa shape index (κ3) is 3.45. The second kappa shape index (κ2) is 6.26. The highest BCUT2D eigenvalue weighted by atomic mass is 15.1. The average Bonchev–Trinajstić information content (AvgIpc) is 2.05. The number of nitrogens with zero attached hydrogens (tertiary/aromatic N) is 1. The highest BCUT2D eigenvalue weighted by molar-refractivity contribution is 4.99. The molecule has 0 N–H and O–H groups in total. The van der Waals surface area contributed by atoms with E-state index in [4.69, 9.17) is 0 Å². The molecule has 0 radical (unpaired) electrons. The molecule has 0 amide bonds. The van der Waals surface area contributed by atoms with Gasteiger partial charge in [0.2, 0.25) is 0 Å². The zero-order chi connectivity index (χ0) is 8.69. The van der Waals surface area contributed by atoms with Crippen molar-refractivity contribution < 1.29 is 0 Å². The molecular weight excluding hydrogens is 134 g/mol. The minimum Gasteiger partial charge on any atom is -0.376 e. The summed E-state index contributed by atoms with van der Waals surface area (Å²) in [7, 11) is 0. The molecule has 0 aliphatic heterocycles. The summed E-state index contributed by atoms with van der Waals surface area (Å²) in [5, 5.41) is 0. The van der Waals surface area contributed by atoms with Crippen molar-refractivity contribution in [1.82, 2.24) is 4.90 Å². The molecule has 1 heteroatoms. The summed E-state index contributed by atoms with van der Waals surface area (Å²) in [4.78, 5) is 2.42. The van der Waals surface area contributed by atoms with Gasteiger partial charge >= 0.3 is 0 Å². The van der Waals surface area contributed by atoms with Gasteiger partial charge < -0.3 is 4.90 Å². The Bertz CT molecular complexity index is 112. The monoisotopic (exact) mass is 155 g/mol. The summed E-state index contributed by atoms with van der Waals surface area (Å²) in [6, 6.07) is 0. The summed E-state index contributed by atoms with van der Waals surface area (Å²) < 4.78 is 0. The van der Waals surface area contributed by atoms with Gasteiger partial charge in [0.05, 0.1) is 0 Å². The van der Waals surface area contributed by atoms with Gasteiger partial charge in [0, 0.05) is 18.8 Å². The van der Waals surface area contributed by atoms with Crippen molar-refractivity contribution in [1.29, 1.82) is 0 Å². The molecule has 0 aliphatic rings. The Balaban J connectivity index is 4.09. The van der Waals surface area contributed by atoms with Crippen molar-refractivity contribution in [2.45, 2.75) is 40.5 Å². The second-order valence-corrected chi connectivity index (χ2v) is 2.63. The van der Waals surface area contributed by atoms with E-state index in [1.807, 2.05) is 0 Å². The molecule has 0 aromatic carbocycles. The third-order valence-electron chi connectivity index (χ3n) is 1.97. The van der Waals surface area contributed by atoms with E-state index in [0.29, 0.717) is 0 Å². The van der Waals surface area contributed by atoms with Crippen LogP contribution >= 0.6 is 0 Å². The Morgan fingerprint density at radius 2 is 1.64 bits per heavy atom. The Kier molecular flexibility index (Phi) is 6.00. The van der Waals surface area contributed by atoms with Crippen LogP contribution in [0.25, 0.3) is 0 Å². The molecule has 0 aromatic heterocycles. The van der Waals surface area contributed by atoms with E-state index >= 15 is 0 Å². The lowest BCUT2D eigenvalue weighted by molar-refractivity contribution is 0.370. The van der Waals surface area contributed by atoms with E-state index < -0.39 is 0 Å². The Hall–Kier alpha value is -0.460. The number of rotatable bonds is 5. The van der Waals surface area contributed by atoms with E-state index in [-0.39, 0.29) is 0 Å². The smallest absolute Gasteiger partial charge is 0.0146 e. The van der Waals surface area contributed by atoms with Crippen molar-refractivity contribution >= 4 is 0 Å². The normalized spacial score (nSPS) is 11.8. The van der Waals surface area contributed by atoms with E-state index in [1.54, 1.807) is 0 Å². The average molecular weight is 155 g/mol. The predicted octanol–water partition coefficient (Wildman–Crippen LogP) is 3.03. The van der Waals surface area contributed by atoms with Gasteiger partial charge in [0.15, 0.2) is 0 Å². The summed E-state index contributed by atoms with van der Waals surface area (Å²) in [5.74, 6) is 0. The highest BCUT2D eigenvalue weighted by Gasteiger charge is 2.00. The van der Waals surface area contributed by atoms with Gasteiger partial charge in [-0.2, -0.15) is 0 Å². The van der Waals surface area contributed by atoms with E-state index in [9.17, 15) is 0 Å². The summed E-state index contributed by atoms with van der Waals surface area (Å²) >= 11 is 0. The maximum atomic E-state index is 2.42. The molecule has 0 atom stereocenters. The van der Waals surface area contributed by atoms with Crippen LogP contribution in [0, 0.1) is 0 Å². The Morgan fingerprint density at radius 1 is 1.09 bits per heavy atom. The van der Waals surface area contributed by atoms with E-state index in [2.05, 4.69) is 38.7 Å². The Morgan fingerprint density at radius 3 is 1.91 bits per heavy atom. The molecule has 0 saturated heterocycles. The standard InChI is InChI=1S/C10H21N/c1-5-9-10(6-2)11(7-3)8-4/h9H,5-8H2,1-4H3/b10-9+. The molecule has 0 bridgehead atoms. The molecule has 0 fully saturated rings. The van der Waals surface area contributed by atoms with Crippen LogP contribution in [0.1, 0.15) is 40.5 Å². The fraction of sp³-hybridized carbons (Fsp3) is 0.800. The minimum absolute atomic E-state index is 1.14. The van der Waals surface area contributed by atoms with Gasteiger partial charge in [-0.05, 0) is 26.7 Å². The first-order valence-electron chi connectivity index (χ1n) is 4.73. The van der Waals surface area contributed by atoms with Crippen molar-refractivity contribution in [3.63, 3.8) is 0 Å². The van der Waals surface area contributed by atoms with Crippen LogP contribution in [0.3, 0.4) is 0 Å². The number of hydrogen-bond donors (Lipinski definition) is 0. The number of hydrogen-bond acceptors (Lipinski definition) is 1.